The molecule has 130 valence electrons. The number of aromatic nitrogens is 3. The zero-order valence-electron chi connectivity index (χ0n) is 14.3. The number of hydrogen-bond donors (Lipinski definition) is 3. The third-order valence-electron chi connectivity index (χ3n) is 3.34. The van der Waals surface area contributed by atoms with Crippen LogP contribution in [0.4, 0.5) is 4.79 Å². The molecule has 1 aromatic heterocycles. The molecule has 2 aromatic rings. The SMILES string of the molecule is CCCNC(=O)NCCn1nnc2cc(C(=O)NC(C)C)ccc21. The lowest BCUT2D eigenvalue weighted by molar-refractivity contribution is 0.0943. The number of rotatable bonds is 7. The first-order valence-corrected chi connectivity index (χ1v) is 8.17. The Hall–Kier alpha value is -2.64. The molecule has 0 saturated heterocycles. The van der Waals surface area contributed by atoms with Crippen LogP contribution in [0.25, 0.3) is 11.0 Å². The van der Waals surface area contributed by atoms with E-state index < -0.39 is 0 Å². The molecule has 0 aliphatic heterocycles. The van der Waals surface area contributed by atoms with Crippen molar-refractivity contribution in [2.75, 3.05) is 13.1 Å². The molecule has 2 rings (SSSR count). The van der Waals surface area contributed by atoms with Crippen LogP contribution in [-0.2, 0) is 6.54 Å². The lowest BCUT2D eigenvalue weighted by Gasteiger charge is -2.08. The second-order valence-corrected chi connectivity index (χ2v) is 5.83. The molecule has 3 N–H and O–H groups in total. The number of amides is 3. The smallest absolute Gasteiger partial charge is 0.314 e. The number of carbonyl (C=O) groups excluding carboxylic acids is 2. The van der Waals surface area contributed by atoms with Gasteiger partial charge < -0.3 is 16.0 Å². The molecule has 0 fully saturated rings. The Balaban J connectivity index is 1.98. The van der Waals surface area contributed by atoms with Crippen molar-refractivity contribution in [3.63, 3.8) is 0 Å². The minimum absolute atomic E-state index is 0.0776. The highest BCUT2D eigenvalue weighted by Gasteiger charge is 2.11. The van der Waals surface area contributed by atoms with E-state index in [4.69, 9.17) is 0 Å². The predicted molar refractivity (Wildman–Crippen MR) is 91.8 cm³/mol. The van der Waals surface area contributed by atoms with Crippen LogP contribution in [0.15, 0.2) is 18.2 Å². The number of fused-ring (bicyclic) bond motifs is 1. The highest BCUT2D eigenvalue weighted by Crippen LogP contribution is 2.13. The maximum atomic E-state index is 12.0. The van der Waals surface area contributed by atoms with Gasteiger partial charge in [0.25, 0.3) is 5.91 Å². The van der Waals surface area contributed by atoms with Crippen LogP contribution < -0.4 is 16.0 Å². The highest BCUT2D eigenvalue weighted by atomic mass is 16.2. The summed E-state index contributed by atoms with van der Waals surface area (Å²) in [4.78, 5) is 23.5. The van der Waals surface area contributed by atoms with Crippen LogP contribution in [0.5, 0.6) is 0 Å². The topological polar surface area (TPSA) is 101 Å². The van der Waals surface area contributed by atoms with Crippen molar-refractivity contribution in [1.82, 2.24) is 30.9 Å². The summed E-state index contributed by atoms with van der Waals surface area (Å²) in [6, 6.07) is 5.18. The molecule has 1 heterocycles. The number of benzene rings is 1. The number of hydrogen-bond acceptors (Lipinski definition) is 4. The van der Waals surface area contributed by atoms with E-state index in [2.05, 4.69) is 26.3 Å². The van der Waals surface area contributed by atoms with Crippen molar-refractivity contribution < 1.29 is 9.59 Å². The zero-order chi connectivity index (χ0) is 17.5. The average molecular weight is 332 g/mol. The molecule has 0 bridgehead atoms. The van der Waals surface area contributed by atoms with Gasteiger partial charge in [0.05, 0.1) is 12.1 Å². The fourth-order valence-corrected chi connectivity index (χ4v) is 2.20. The molecule has 0 atom stereocenters. The first-order chi connectivity index (χ1) is 11.5. The lowest BCUT2D eigenvalue weighted by atomic mass is 10.2. The van der Waals surface area contributed by atoms with Crippen molar-refractivity contribution in [1.29, 1.82) is 0 Å². The minimum Gasteiger partial charge on any atom is -0.350 e. The summed E-state index contributed by atoms with van der Waals surface area (Å²) in [6.07, 6.45) is 0.897. The third kappa shape index (κ3) is 4.68. The Kier molecular flexibility index (Phi) is 6.11. The Morgan fingerprint density at radius 3 is 2.67 bits per heavy atom. The quantitative estimate of drug-likeness (QED) is 0.711. The van der Waals surface area contributed by atoms with Crippen LogP contribution in [0, 0.1) is 0 Å². The lowest BCUT2D eigenvalue weighted by Crippen LogP contribution is -2.37. The standard InChI is InChI=1S/C16H24N6O2/c1-4-7-17-16(24)18-8-9-22-14-6-5-12(10-13(14)20-21-22)15(23)19-11(2)3/h5-6,10-11H,4,7-9H2,1-3H3,(H,19,23)(H2,17,18,24). The monoisotopic (exact) mass is 332 g/mol. The van der Waals surface area contributed by atoms with Crippen molar-refractivity contribution in [3.05, 3.63) is 23.8 Å². The minimum atomic E-state index is -0.186. The van der Waals surface area contributed by atoms with Gasteiger partial charge in [0.1, 0.15) is 5.52 Å². The van der Waals surface area contributed by atoms with Gasteiger partial charge in [-0.3, -0.25) is 4.79 Å². The summed E-state index contributed by atoms with van der Waals surface area (Å²) in [7, 11) is 0. The number of urea groups is 1. The first kappa shape index (κ1) is 17.7. The van der Waals surface area contributed by atoms with Gasteiger partial charge in [-0.1, -0.05) is 12.1 Å². The molecule has 3 amide bonds. The first-order valence-electron chi connectivity index (χ1n) is 8.17. The Labute approximate surface area is 141 Å². The molecular formula is C16H24N6O2. The molecule has 24 heavy (non-hydrogen) atoms. The van der Waals surface area contributed by atoms with Gasteiger partial charge in [0.2, 0.25) is 0 Å². The fourth-order valence-electron chi connectivity index (χ4n) is 2.20. The van der Waals surface area contributed by atoms with E-state index in [0.29, 0.717) is 30.7 Å². The molecular weight excluding hydrogens is 308 g/mol. The second-order valence-electron chi connectivity index (χ2n) is 5.83. The second kappa shape index (κ2) is 8.28. The van der Waals surface area contributed by atoms with E-state index >= 15 is 0 Å². The summed E-state index contributed by atoms with van der Waals surface area (Å²) >= 11 is 0. The van der Waals surface area contributed by atoms with E-state index in [1.54, 1.807) is 16.8 Å². The van der Waals surface area contributed by atoms with Crippen molar-refractivity contribution in [2.45, 2.75) is 39.8 Å². The maximum Gasteiger partial charge on any atom is 0.314 e. The molecule has 8 heteroatoms. The Bertz CT molecular complexity index is 710. The summed E-state index contributed by atoms with van der Waals surface area (Å²) in [5.41, 5.74) is 2.04. The molecule has 0 spiro atoms. The van der Waals surface area contributed by atoms with Gasteiger partial charge in [-0.15, -0.1) is 5.10 Å². The van der Waals surface area contributed by atoms with Gasteiger partial charge >= 0.3 is 6.03 Å². The van der Waals surface area contributed by atoms with Gasteiger partial charge in [-0.2, -0.15) is 0 Å². The normalized spacial score (nSPS) is 10.8. The van der Waals surface area contributed by atoms with Crippen molar-refractivity contribution in [2.24, 2.45) is 0 Å². The molecule has 0 unspecified atom stereocenters. The third-order valence-corrected chi connectivity index (χ3v) is 3.34. The molecule has 0 radical (unpaired) electrons. The predicted octanol–water partition coefficient (Wildman–Crippen LogP) is 1.28. The average Bonchev–Trinajstić information content (AvgIpc) is 2.94. The zero-order valence-corrected chi connectivity index (χ0v) is 14.3. The number of carbonyl (C=O) groups is 2. The van der Waals surface area contributed by atoms with Gasteiger partial charge in [-0.25, -0.2) is 9.48 Å². The van der Waals surface area contributed by atoms with E-state index in [1.165, 1.54) is 0 Å². The van der Waals surface area contributed by atoms with Crippen LogP contribution in [0.2, 0.25) is 0 Å². The van der Waals surface area contributed by atoms with Gasteiger partial charge in [0.15, 0.2) is 0 Å². The Morgan fingerprint density at radius 2 is 1.96 bits per heavy atom. The van der Waals surface area contributed by atoms with Gasteiger partial charge in [-0.05, 0) is 38.5 Å². The summed E-state index contributed by atoms with van der Waals surface area (Å²) in [5.74, 6) is -0.129. The summed E-state index contributed by atoms with van der Waals surface area (Å²) < 4.78 is 1.71. The fraction of sp³-hybridized carbons (Fsp3) is 0.500. The molecule has 1 aromatic carbocycles. The van der Waals surface area contributed by atoms with Crippen LogP contribution in [-0.4, -0.2) is 46.1 Å². The summed E-state index contributed by atoms with van der Waals surface area (Å²) in [5, 5.41) is 16.5. The van der Waals surface area contributed by atoms with Crippen LogP contribution in [0.3, 0.4) is 0 Å². The number of nitrogens with one attached hydrogen (secondary N) is 3. The van der Waals surface area contributed by atoms with Crippen molar-refractivity contribution >= 4 is 23.0 Å². The molecule has 0 saturated carbocycles. The van der Waals surface area contributed by atoms with E-state index in [1.807, 2.05) is 26.8 Å². The molecule has 0 aliphatic carbocycles. The Morgan fingerprint density at radius 1 is 1.21 bits per heavy atom. The van der Waals surface area contributed by atoms with Gasteiger partial charge in [0, 0.05) is 24.7 Å². The van der Waals surface area contributed by atoms with E-state index in [9.17, 15) is 9.59 Å². The highest BCUT2D eigenvalue weighted by molar-refractivity contribution is 5.97. The summed E-state index contributed by atoms with van der Waals surface area (Å²) in [6.45, 7) is 7.43. The van der Waals surface area contributed by atoms with E-state index in [0.717, 1.165) is 11.9 Å². The maximum absolute atomic E-state index is 12.0. The largest absolute Gasteiger partial charge is 0.350 e. The van der Waals surface area contributed by atoms with E-state index in [-0.39, 0.29) is 18.0 Å². The number of nitrogens with zero attached hydrogens (tertiary/aromatic N) is 3. The molecule has 0 aliphatic rings. The van der Waals surface area contributed by atoms with Crippen LogP contribution in [0.1, 0.15) is 37.6 Å². The van der Waals surface area contributed by atoms with Crippen LogP contribution >= 0.6 is 0 Å². The van der Waals surface area contributed by atoms with Crippen molar-refractivity contribution in [3.8, 4) is 0 Å². The molecule has 8 nitrogen and oxygen atoms in total.